The number of para-hydroxylation sites is 2. The van der Waals surface area contributed by atoms with Gasteiger partial charge >= 0.3 is 6.09 Å². The van der Waals surface area contributed by atoms with E-state index in [1.807, 2.05) is 32.0 Å². The van der Waals surface area contributed by atoms with Gasteiger partial charge in [-0.2, -0.15) is 0 Å². The average molecular weight is 509 g/mol. The van der Waals surface area contributed by atoms with E-state index in [2.05, 4.69) is 0 Å². The van der Waals surface area contributed by atoms with E-state index in [4.69, 9.17) is 24.1 Å². The Hall–Kier alpha value is -2.98. The number of benzene rings is 2. The molecule has 0 saturated heterocycles. The number of nitrogens with zero attached hydrogens (tertiary/aromatic N) is 1. The van der Waals surface area contributed by atoms with Gasteiger partial charge in [-0.1, -0.05) is 18.2 Å². The van der Waals surface area contributed by atoms with Crippen LogP contribution in [0.3, 0.4) is 0 Å². The second-order valence-electron chi connectivity index (χ2n) is 8.99. The Kier molecular flexibility index (Phi) is 9.79. The van der Waals surface area contributed by atoms with Crippen LogP contribution in [0.25, 0.3) is 0 Å². The Balaban J connectivity index is 2.22. The number of carbonyl (C=O) groups is 1. The molecule has 0 aromatic heterocycles. The molecule has 0 saturated carbocycles. The molecule has 2 aromatic rings. The van der Waals surface area contributed by atoms with Gasteiger partial charge in [-0.15, -0.1) is 0 Å². The number of amides is 1. The molecule has 2 N–H and O–H groups in total. The first kappa shape index (κ1) is 28.3. The van der Waals surface area contributed by atoms with Crippen molar-refractivity contribution in [2.24, 2.45) is 5.14 Å². The largest absolute Gasteiger partial charge is 0.495 e. The van der Waals surface area contributed by atoms with Crippen LogP contribution in [0.15, 0.2) is 47.4 Å². The van der Waals surface area contributed by atoms with E-state index in [9.17, 15) is 13.2 Å². The van der Waals surface area contributed by atoms with Gasteiger partial charge in [0.05, 0.1) is 20.3 Å². The van der Waals surface area contributed by atoms with Crippen molar-refractivity contribution < 1.29 is 32.2 Å². The lowest BCUT2D eigenvalue weighted by Gasteiger charge is -2.32. The molecule has 0 fully saturated rings. The summed E-state index contributed by atoms with van der Waals surface area (Å²) in [4.78, 5) is 14.5. The lowest BCUT2D eigenvalue weighted by Crippen LogP contribution is -2.45. The molecule has 0 aliphatic rings. The van der Waals surface area contributed by atoms with Crippen molar-refractivity contribution in [3.63, 3.8) is 0 Å². The van der Waals surface area contributed by atoms with Crippen molar-refractivity contribution in [3.8, 4) is 17.2 Å². The maximum atomic E-state index is 13.0. The van der Waals surface area contributed by atoms with E-state index in [-0.39, 0.29) is 29.8 Å². The van der Waals surface area contributed by atoms with E-state index in [1.165, 1.54) is 13.2 Å². The quantitative estimate of drug-likeness (QED) is 0.488. The minimum absolute atomic E-state index is 0.107. The summed E-state index contributed by atoms with van der Waals surface area (Å²) in [7, 11) is -2.61. The Morgan fingerprint density at radius 2 is 1.69 bits per heavy atom. The number of sulfonamides is 1. The highest BCUT2D eigenvalue weighted by molar-refractivity contribution is 7.89. The molecule has 2 rings (SSSR count). The molecule has 194 valence electrons. The number of methoxy groups -OCH3 is 1. The molecule has 0 aliphatic carbocycles. The lowest BCUT2D eigenvalue weighted by atomic mass is 10.1. The van der Waals surface area contributed by atoms with Crippen LogP contribution < -0.4 is 19.3 Å². The van der Waals surface area contributed by atoms with Crippen LogP contribution in [0.4, 0.5) is 4.79 Å². The average Bonchev–Trinajstić information content (AvgIpc) is 2.76. The summed E-state index contributed by atoms with van der Waals surface area (Å²) in [6.07, 6.45) is -0.131. The molecule has 1 amide bonds. The fraction of sp³-hybridized carbons (Fsp3) is 0.480. The van der Waals surface area contributed by atoms with Crippen LogP contribution in [-0.2, 0) is 21.2 Å². The minimum Gasteiger partial charge on any atom is -0.495 e. The van der Waals surface area contributed by atoms with Crippen molar-refractivity contribution in [3.05, 3.63) is 48.0 Å². The van der Waals surface area contributed by atoms with E-state index >= 15 is 0 Å². The number of nitrogens with two attached hydrogens (primary N) is 1. The molecule has 0 aliphatic heterocycles. The Morgan fingerprint density at radius 3 is 2.23 bits per heavy atom. The monoisotopic (exact) mass is 508 g/mol. The van der Waals surface area contributed by atoms with Gasteiger partial charge in [-0.3, -0.25) is 0 Å². The number of carbonyl (C=O) groups excluding carboxylic acids is 1. The number of hydrogen-bond acceptors (Lipinski definition) is 7. The minimum atomic E-state index is -3.98. The zero-order valence-corrected chi connectivity index (χ0v) is 22.1. The predicted octanol–water partition coefficient (Wildman–Crippen LogP) is 3.99. The third kappa shape index (κ3) is 8.63. The number of hydrogen-bond donors (Lipinski definition) is 1. The summed E-state index contributed by atoms with van der Waals surface area (Å²) >= 11 is 0. The van der Waals surface area contributed by atoms with Crippen LogP contribution >= 0.6 is 0 Å². The van der Waals surface area contributed by atoms with E-state index in [1.54, 1.807) is 43.9 Å². The molecule has 0 spiro atoms. The van der Waals surface area contributed by atoms with Crippen molar-refractivity contribution in [1.82, 2.24) is 4.90 Å². The molecular formula is C25H36N2O7S. The second kappa shape index (κ2) is 12.1. The number of ether oxygens (including phenoxy) is 4. The van der Waals surface area contributed by atoms with Gasteiger partial charge in [0.15, 0.2) is 11.5 Å². The van der Waals surface area contributed by atoms with Crippen molar-refractivity contribution >= 4 is 16.1 Å². The molecule has 35 heavy (non-hydrogen) atoms. The van der Waals surface area contributed by atoms with E-state index in [0.29, 0.717) is 30.1 Å². The summed E-state index contributed by atoms with van der Waals surface area (Å²) < 4.78 is 46.2. The van der Waals surface area contributed by atoms with Gasteiger partial charge in [0, 0.05) is 6.04 Å². The molecule has 0 unspecified atom stereocenters. The zero-order valence-electron chi connectivity index (χ0n) is 21.2. The number of rotatable bonds is 11. The predicted molar refractivity (Wildman–Crippen MR) is 134 cm³/mol. The third-order valence-corrected chi connectivity index (χ3v) is 5.90. The molecular weight excluding hydrogens is 472 g/mol. The highest BCUT2D eigenvalue weighted by Gasteiger charge is 2.27. The summed E-state index contributed by atoms with van der Waals surface area (Å²) in [5.41, 5.74) is -0.00300. The van der Waals surface area contributed by atoms with E-state index in [0.717, 1.165) is 0 Å². The molecule has 0 bridgehead atoms. The summed E-state index contributed by atoms with van der Waals surface area (Å²) in [6, 6.07) is 11.7. The highest BCUT2D eigenvalue weighted by atomic mass is 32.2. The van der Waals surface area contributed by atoms with E-state index < -0.39 is 21.7 Å². The molecule has 2 aromatic carbocycles. The van der Waals surface area contributed by atoms with Gasteiger partial charge in [0.1, 0.15) is 22.9 Å². The van der Waals surface area contributed by atoms with Crippen LogP contribution in [0.5, 0.6) is 17.2 Å². The van der Waals surface area contributed by atoms with Crippen molar-refractivity contribution in [1.29, 1.82) is 0 Å². The summed E-state index contributed by atoms with van der Waals surface area (Å²) in [5, 5.41) is 5.35. The fourth-order valence-electron chi connectivity index (χ4n) is 3.43. The Morgan fingerprint density at radius 1 is 1.06 bits per heavy atom. The normalized spacial score (nSPS) is 12.5. The van der Waals surface area contributed by atoms with Crippen LogP contribution in [0.1, 0.15) is 40.2 Å². The fourth-order valence-corrected chi connectivity index (χ4v) is 4.18. The Labute approximate surface area is 208 Å². The molecule has 1 atom stereocenters. The lowest BCUT2D eigenvalue weighted by molar-refractivity contribution is 0.0148. The zero-order chi connectivity index (χ0) is 26.2. The summed E-state index contributed by atoms with van der Waals surface area (Å²) in [5.74, 6) is 1.37. The molecule has 0 heterocycles. The highest BCUT2D eigenvalue weighted by Crippen LogP contribution is 2.27. The third-order valence-electron chi connectivity index (χ3n) is 4.96. The van der Waals surface area contributed by atoms with Gasteiger partial charge in [0.25, 0.3) is 0 Å². The molecule has 9 nitrogen and oxygen atoms in total. The maximum Gasteiger partial charge on any atom is 0.410 e. The Bertz CT molecular complexity index is 1100. The SMILES string of the molecule is CCOc1ccccc1OCCN(C(=O)OC(C)(C)C)[C@H](C)Cc1ccc(OC)c(S(N)(=O)=O)c1. The van der Waals surface area contributed by atoms with Crippen LogP contribution in [0.2, 0.25) is 0 Å². The van der Waals surface area contributed by atoms with Gasteiger partial charge in [-0.05, 0) is 70.9 Å². The van der Waals surface area contributed by atoms with Crippen LogP contribution in [0, 0.1) is 0 Å². The number of primary sulfonamides is 1. The van der Waals surface area contributed by atoms with Crippen molar-refractivity contribution in [2.45, 2.75) is 57.6 Å². The summed E-state index contributed by atoms with van der Waals surface area (Å²) in [6.45, 7) is 10.1. The van der Waals surface area contributed by atoms with Gasteiger partial charge in [0.2, 0.25) is 10.0 Å². The van der Waals surface area contributed by atoms with Crippen molar-refractivity contribution in [2.75, 3.05) is 26.9 Å². The molecule has 10 heteroatoms. The van der Waals surface area contributed by atoms with Crippen LogP contribution in [-0.4, -0.2) is 57.9 Å². The first-order valence-electron chi connectivity index (χ1n) is 11.4. The smallest absolute Gasteiger partial charge is 0.410 e. The first-order valence-corrected chi connectivity index (χ1v) is 12.9. The maximum absolute atomic E-state index is 13.0. The van der Waals surface area contributed by atoms with Gasteiger partial charge < -0.3 is 23.8 Å². The topological polar surface area (TPSA) is 117 Å². The first-order chi connectivity index (χ1) is 16.4. The second-order valence-corrected chi connectivity index (χ2v) is 10.5. The molecule has 0 radical (unpaired) electrons. The standard InChI is InChI=1S/C25H36N2O7S/c1-7-32-20-10-8-9-11-21(20)33-15-14-27(24(28)34-25(3,4)5)18(2)16-19-12-13-22(31-6)23(17-19)35(26,29)30/h8-13,17-18H,7,14-16H2,1-6H3,(H2,26,29,30)/t18-/m1/s1. The van der Waals surface area contributed by atoms with Gasteiger partial charge in [-0.25, -0.2) is 18.4 Å².